The zero-order valence-electron chi connectivity index (χ0n) is 11.3. The average Bonchev–Trinajstić information content (AvgIpc) is 2.82. The van der Waals surface area contributed by atoms with Gasteiger partial charge in [-0.25, -0.2) is 0 Å². The monoisotopic (exact) mass is 296 g/mol. The summed E-state index contributed by atoms with van der Waals surface area (Å²) in [6.07, 6.45) is 2.60. The van der Waals surface area contributed by atoms with E-state index >= 15 is 0 Å². The Bertz CT molecular complexity index is 768. The standard InChI is InChI=1S/C17H13ClN2O/c18-13-8-12-6-7-20-15(11-4-2-1-3-5-11)10-16(21)19-14(9-13)17(12)20/h1-5,8-10H,6-7H2,(H,19,21). The van der Waals surface area contributed by atoms with Crippen LogP contribution in [0.25, 0.3) is 5.70 Å². The van der Waals surface area contributed by atoms with E-state index in [2.05, 4.69) is 10.2 Å². The van der Waals surface area contributed by atoms with Crippen molar-refractivity contribution in [1.29, 1.82) is 0 Å². The molecule has 0 saturated heterocycles. The van der Waals surface area contributed by atoms with Crippen LogP contribution in [0.4, 0.5) is 11.4 Å². The van der Waals surface area contributed by atoms with Gasteiger partial charge in [-0.05, 0) is 29.7 Å². The number of halogens is 1. The molecule has 1 amide bonds. The third-order valence-electron chi connectivity index (χ3n) is 3.91. The van der Waals surface area contributed by atoms with Gasteiger partial charge >= 0.3 is 0 Å². The Balaban J connectivity index is 1.92. The Kier molecular flexibility index (Phi) is 2.76. The second kappa shape index (κ2) is 4.64. The molecule has 2 aromatic carbocycles. The van der Waals surface area contributed by atoms with Crippen LogP contribution >= 0.6 is 11.6 Å². The smallest absolute Gasteiger partial charge is 0.250 e. The van der Waals surface area contributed by atoms with E-state index in [1.165, 1.54) is 5.56 Å². The summed E-state index contributed by atoms with van der Waals surface area (Å²) in [6, 6.07) is 13.8. The van der Waals surface area contributed by atoms with Crippen molar-refractivity contribution in [2.45, 2.75) is 6.42 Å². The highest BCUT2D eigenvalue weighted by atomic mass is 35.5. The summed E-state index contributed by atoms with van der Waals surface area (Å²) in [7, 11) is 0. The van der Waals surface area contributed by atoms with Gasteiger partial charge in [0.1, 0.15) is 0 Å². The molecule has 0 aromatic heterocycles. The SMILES string of the molecule is O=C1C=C(c2ccccc2)N2CCc3cc(Cl)cc(c32)N1. The number of hydrogen-bond acceptors (Lipinski definition) is 2. The molecule has 0 fully saturated rings. The minimum atomic E-state index is -0.118. The summed E-state index contributed by atoms with van der Waals surface area (Å²) in [5.74, 6) is -0.118. The van der Waals surface area contributed by atoms with Gasteiger partial charge in [-0.1, -0.05) is 41.9 Å². The molecule has 0 atom stereocenters. The molecular formula is C17H13ClN2O. The van der Waals surface area contributed by atoms with Crippen LogP contribution in [0, 0.1) is 0 Å². The minimum absolute atomic E-state index is 0.118. The number of rotatable bonds is 1. The third kappa shape index (κ3) is 2.01. The summed E-state index contributed by atoms with van der Waals surface area (Å²) >= 11 is 6.15. The van der Waals surface area contributed by atoms with Gasteiger partial charge in [0.15, 0.2) is 0 Å². The van der Waals surface area contributed by atoms with Crippen LogP contribution in [0.1, 0.15) is 11.1 Å². The van der Waals surface area contributed by atoms with E-state index in [9.17, 15) is 4.79 Å². The van der Waals surface area contributed by atoms with Crippen molar-refractivity contribution in [2.75, 3.05) is 16.8 Å². The van der Waals surface area contributed by atoms with E-state index in [0.717, 1.165) is 35.6 Å². The highest BCUT2D eigenvalue weighted by Crippen LogP contribution is 2.43. The molecule has 0 bridgehead atoms. The van der Waals surface area contributed by atoms with Crippen LogP contribution in [0.2, 0.25) is 5.02 Å². The van der Waals surface area contributed by atoms with Crippen LogP contribution in [0.15, 0.2) is 48.5 Å². The van der Waals surface area contributed by atoms with Crippen molar-refractivity contribution in [1.82, 2.24) is 0 Å². The number of nitrogens with zero attached hydrogens (tertiary/aromatic N) is 1. The molecule has 4 rings (SSSR count). The number of hydrogen-bond donors (Lipinski definition) is 1. The lowest BCUT2D eigenvalue weighted by Crippen LogP contribution is -2.18. The lowest BCUT2D eigenvalue weighted by atomic mass is 10.1. The van der Waals surface area contributed by atoms with Gasteiger partial charge < -0.3 is 10.2 Å². The average molecular weight is 297 g/mol. The molecular weight excluding hydrogens is 284 g/mol. The fourth-order valence-corrected chi connectivity index (χ4v) is 3.31. The zero-order chi connectivity index (χ0) is 14.4. The van der Waals surface area contributed by atoms with E-state index < -0.39 is 0 Å². The number of benzene rings is 2. The maximum Gasteiger partial charge on any atom is 0.250 e. The van der Waals surface area contributed by atoms with E-state index in [0.29, 0.717) is 5.02 Å². The van der Waals surface area contributed by atoms with Crippen molar-refractivity contribution < 1.29 is 4.79 Å². The number of carbonyl (C=O) groups excluding carboxylic acids is 1. The molecule has 0 unspecified atom stereocenters. The van der Waals surface area contributed by atoms with Crippen molar-refractivity contribution in [3.63, 3.8) is 0 Å². The molecule has 21 heavy (non-hydrogen) atoms. The predicted molar refractivity (Wildman–Crippen MR) is 85.6 cm³/mol. The van der Waals surface area contributed by atoms with E-state index in [4.69, 9.17) is 11.6 Å². The van der Waals surface area contributed by atoms with Crippen molar-refractivity contribution in [3.05, 3.63) is 64.7 Å². The topological polar surface area (TPSA) is 32.3 Å². The molecule has 0 radical (unpaired) electrons. The molecule has 0 saturated carbocycles. The zero-order valence-corrected chi connectivity index (χ0v) is 12.0. The molecule has 0 spiro atoms. The summed E-state index contributed by atoms with van der Waals surface area (Å²) in [5.41, 5.74) is 5.03. The van der Waals surface area contributed by atoms with Crippen molar-refractivity contribution in [3.8, 4) is 0 Å². The van der Waals surface area contributed by atoms with E-state index in [1.807, 2.05) is 42.5 Å². The maximum atomic E-state index is 12.2. The molecule has 2 aliphatic heterocycles. The first-order valence-electron chi connectivity index (χ1n) is 6.90. The largest absolute Gasteiger partial charge is 0.339 e. The Morgan fingerprint density at radius 2 is 1.95 bits per heavy atom. The quantitative estimate of drug-likeness (QED) is 0.870. The number of anilines is 2. The summed E-state index contributed by atoms with van der Waals surface area (Å²) in [5, 5.41) is 3.59. The molecule has 2 aliphatic rings. The van der Waals surface area contributed by atoms with Gasteiger partial charge in [-0.2, -0.15) is 0 Å². The molecule has 104 valence electrons. The molecule has 4 heteroatoms. The van der Waals surface area contributed by atoms with Gasteiger partial charge in [0.05, 0.1) is 17.1 Å². The second-order valence-electron chi connectivity index (χ2n) is 5.25. The third-order valence-corrected chi connectivity index (χ3v) is 4.13. The lowest BCUT2D eigenvalue weighted by Gasteiger charge is -2.23. The Labute approximate surface area is 127 Å². The molecule has 3 nitrogen and oxygen atoms in total. The summed E-state index contributed by atoms with van der Waals surface area (Å²) < 4.78 is 0. The van der Waals surface area contributed by atoms with E-state index in [-0.39, 0.29) is 5.91 Å². The number of nitrogens with one attached hydrogen (secondary N) is 1. The maximum absolute atomic E-state index is 12.2. The molecule has 1 N–H and O–H groups in total. The van der Waals surface area contributed by atoms with Gasteiger partial charge in [-0.15, -0.1) is 0 Å². The normalized spacial score (nSPS) is 16.1. The van der Waals surface area contributed by atoms with Gasteiger partial charge in [0.25, 0.3) is 5.91 Å². The van der Waals surface area contributed by atoms with Crippen molar-refractivity contribution in [2.24, 2.45) is 0 Å². The Hall–Kier alpha value is -2.26. The second-order valence-corrected chi connectivity index (χ2v) is 5.68. The predicted octanol–water partition coefficient (Wildman–Crippen LogP) is 3.70. The van der Waals surface area contributed by atoms with Gasteiger partial charge in [-0.3, -0.25) is 4.79 Å². The molecule has 0 aliphatic carbocycles. The summed E-state index contributed by atoms with van der Waals surface area (Å²) in [6.45, 7) is 0.859. The molecule has 2 aromatic rings. The lowest BCUT2D eigenvalue weighted by molar-refractivity contribution is -0.111. The first-order valence-corrected chi connectivity index (χ1v) is 7.28. The van der Waals surface area contributed by atoms with Crippen LogP contribution in [-0.4, -0.2) is 12.5 Å². The van der Waals surface area contributed by atoms with E-state index in [1.54, 1.807) is 6.08 Å². The van der Waals surface area contributed by atoms with Crippen molar-refractivity contribution >= 4 is 34.6 Å². The highest BCUT2D eigenvalue weighted by Gasteiger charge is 2.29. The minimum Gasteiger partial charge on any atom is -0.339 e. The molecule has 2 heterocycles. The number of carbonyl (C=O) groups is 1. The number of amides is 1. The van der Waals surface area contributed by atoms with Gasteiger partial charge in [0.2, 0.25) is 0 Å². The fourth-order valence-electron chi connectivity index (χ4n) is 3.06. The van der Waals surface area contributed by atoms with Crippen LogP contribution in [-0.2, 0) is 11.2 Å². The van der Waals surface area contributed by atoms with Crippen LogP contribution in [0.3, 0.4) is 0 Å². The van der Waals surface area contributed by atoms with Gasteiger partial charge in [0, 0.05) is 17.6 Å². The fraction of sp³-hybridized carbons (Fsp3) is 0.118. The highest BCUT2D eigenvalue weighted by molar-refractivity contribution is 6.31. The first kappa shape index (κ1) is 12.5. The Morgan fingerprint density at radius 1 is 1.14 bits per heavy atom. The Morgan fingerprint density at radius 3 is 2.76 bits per heavy atom. The summed E-state index contributed by atoms with van der Waals surface area (Å²) in [4.78, 5) is 14.4. The van der Waals surface area contributed by atoms with Crippen LogP contribution in [0.5, 0.6) is 0 Å². The van der Waals surface area contributed by atoms with Crippen LogP contribution < -0.4 is 10.2 Å². The first-order chi connectivity index (χ1) is 10.2.